The van der Waals surface area contributed by atoms with Gasteiger partial charge in [-0.15, -0.1) is 0 Å². The van der Waals surface area contributed by atoms with Gasteiger partial charge in [0, 0.05) is 12.0 Å². The highest BCUT2D eigenvalue weighted by molar-refractivity contribution is 7.87. The molecule has 0 aliphatic rings. The van der Waals surface area contributed by atoms with Crippen molar-refractivity contribution in [2.24, 2.45) is 0 Å². The molecule has 2 aromatic carbocycles. The number of carboxylic acids is 1. The minimum atomic E-state index is -4.44. The van der Waals surface area contributed by atoms with E-state index in [2.05, 4.69) is 4.74 Å². The van der Waals surface area contributed by atoms with Gasteiger partial charge in [-0.05, 0) is 37.3 Å². The molecule has 0 radical (unpaired) electrons. The number of carbonyl (C=O) groups is 3. The molecule has 0 aliphatic carbocycles. The van der Waals surface area contributed by atoms with Gasteiger partial charge in [-0.1, -0.05) is 12.1 Å². The zero-order valence-electron chi connectivity index (χ0n) is 16.3. The van der Waals surface area contributed by atoms with Crippen LogP contribution in [0.15, 0.2) is 47.4 Å². The zero-order valence-corrected chi connectivity index (χ0v) is 17.1. The van der Waals surface area contributed by atoms with Gasteiger partial charge in [-0.25, -0.2) is 4.79 Å². The maximum Gasteiger partial charge on any atom is 0.340 e. The Labute approximate surface area is 173 Å². The Morgan fingerprint density at radius 1 is 1.00 bits per heavy atom. The van der Waals surface area contributed by atoms with Gasteiger partial charge in [0.15, 0.2) is 17.3 Å². The molecule has 2 aromatic rings. The van der Waals surface area contributed by atoms with Gasteiger partial charge < -0.3 is 18.8 Å². The van der Waals surface area contributed by atoms with E-state index >= 15 is 0 Å². The third kappa shape index (κ3) is 5.57. The van der Waals surface area contributed by atoms with Gasteiger partial charge in [-0.2, -0.15) is 8.42 Å². The van der Waals surface area contributed by atoms with Crippen molar-refractivity contribution in [3.05, 3.63) is 53.6 Å². The van der Waals surface area contributed by atoms with Gasteiger partial charge in [0.05, 0.1) is 25.7 Å². The van der Waals surface area contributed by atoms with Crippen LogP contribution in [-0.4, -0.2) is 45.0 Å². The third-order valence-electron chi connectivity index (χ3n) is 3.89. The Morgan fingerprint density at radius 3 is 2.33 bits per heavy atom. The first-order valence-electron chi connectivity index (χ1n) is 8.83. The predicted octanol–water partition coefficient (Wildman–Crippen LogP) is 2.69. The van der Waals surface area contributed by atoms with Gasteiger partial charge in [0.2, 0.25) is 0 Å². The molecule has 0 aromatic heterocycles. The van der Waals surface area contributed by atoms with Gasteiger partial charge >= 0.3 is 22.1 Å². The lowest BCUT2D eigenvalue weighted by Gasteiger charge is -2.14. The van der Waals surface area contributed by atoms with Crippen LogP contribution in [0.3, 0.4) is 0 Å². The number of aliphatic carboxylic acids is 1. The Kier molecular flexibility index (Phi) is 7.54. The second-order valence-corrected chi connectivity index (χ2v) is 7.45. The Balaban J connectivity index is 2.39. The summed E-state index contributed by atoms with van der Waals surface area (Å²) in [5, 5.41) is 8.71. The van der Waals surface area contributed by atoms with Crippen LogP contribution < -0.4 is 8.92 Å². The molecule has 0 heterocycles. The summed E-state index contributed by atoms with van der Waals surface area (Å²) in [6.07, 6.45) is -0.550. The molecule has 10 heteroatoms. The average molecular weight is 436 g/mol. The van der Waals surface area contributed by atoms with E-state index in [0.717, 1.165) is 7.11 Å². The van der Waals surface area contributed by atoms with Crippen molar-refractivity contribution in [1.29, 1.82) is 0 Å². The van der Waals surface area contributed by atoms with Crippen LogP contribution in [0.2, 0.25) is 0 Å². The van der Waals surface area contributed by atoms with Crippen LogP contribution in [0.4, 0.5) is 0 Å². The van der Waals surface area contributed by atoms with Crippen LogP contribution in [0.25, 0.3) is 0 Å². The topological polar surface area (TPSA) is 133 Å². The number of ether oxygens (including phenoxy) is 2. The summed E-state index contributed by atoms with van der Waals surface area (Å²) in [5.41, 5.74) is -0.0437. The van der Waals surface area contributed by atoms with Crippen molar-refractivity contribution in [1.82, 2.24) is 0 Å². The molecule has 160 valence electrons. The summed E-state index contributed by atoms with van der Waals surface area (Å²) < 4.78 is 40.7. The van der Waals surface area contributed by atoms with Crippen LogP contribution in [-0.2, 0) is 19.6 Å². The molecule has 1 N–H and O–H groups in total. The maximum absolute atomic E-state index is 12.8. The molecule has 0 bridgehead atoms. The summed E-state index contributed by atoms with van der Waals surface area (Å²) >= 11 is 0. The minimum absolute atomic E-state index is 0.0159. The van der Waals surface area contributed by atoms with E-state index in [-0.39, 0.29) is 47.0 Å². The highest BCUT2D eigenvalue weighted by Crippen LogP contribution is 2.32. The van der Waals surface area contributed by atoms with Gasteiger partial charge in [-0.3, -0.25) is 9.59 Å². The summed E-state index contributed by atoms with van der Waals surface area (Å²) in [6, 6.07) is 9.22. The van der Waals surface area contributed by atoms with Crippen molar-refractivity contribution in [3.8, 4) is 11.5 Å². The van der Waals surface area contributed by atoms with E-state index < -0.39 is 27.8 Å². The highest BCUT2D eigenvalue weighted by Gasteiger charge is 2.26. The minimum Gasteiger partial charge on any atom is -0.490 e. The maximum atomic E-state index is 12.8. The number of carboxylic acid groups (broad SMARTS) is 1. The first-order chi connectivity index (χ1) is 14.2. The molecule has 0 spiro atoms. The highest BCUT2D eigenvalue weighted by atomic mass is 32.2. The molecule has 0 saturated carbocycles. The number of carbonyl (C=O) groups excluding carboxylic acids is 2. The molecule has 0 atom stereocenters. The van der Waals surface area contributed by atoms with E-state index in [0.29, 0.717) is 0 Å². The quantitative estimate of drug-likeness (QED) is 0.339. The molecule has 30 heavy (non-hydrogen) atoms. The van der Waals surface area contributed by atoms with Gasteiger partial charge in [0.1, 0.15) is 4.90 Å². The molecule has 9 nitrogen and oxygen atoms in total. The average Bonchev–Trinajstić information content (AvgIpc) is 2.72. The van der Waals surface area contributed by atoms with Crippen molar-refractivity contribution in [3.63, 3.8) is 0 Å². The Bertz CT molecular complexity index is 1060. The Morgan fingerprint density at radius 2 is 1.70 bits per heavy atom. The number of esters is 1. The van der Waals surface area contributed by atoms with Crippen molar-refractivity contribution in [2.45, 2.75) is 24.7 Å². The van der Waals surface area contributed by atoms with E-state index in [1.54, 1.807) is 6.92 Å². The van der Waals surface area contributed by atoms with E-state index in [9.17, 15) is 22.8 Å². The van der Waals surface area contributed by atoms with E-state index in [4.69, 9.17) is 14.0 Å². The first-order valence-corrected chi connectivity index (χ1v) is 10.2. The summed E-state index contributed by atoms with van der Waals surface area (Å²) in [7, 11) is -3.31. The van der Waals surface area contributed by atoms with Crippen molar-refractivity contribution < 1.29 is 41.6 Å². The van der Waals surface area contributed by atoms with E-state index in [1.807, 2.05) is 0 Å². The third-order valence-corrected chi connectivity index (χ3v) is 5.19. The molecule has 2 rings (SSSR count). The fourth-order valence-corrected chi connectivity index (χ4v) is 3.64. The van der Waals surface area contributed by atoms with Crippen molar-refractivity contribution in [2.75, 3.05) is 13.7 Å². The fourth-order valence-electron chi connectivity index (χ4n) is 2.51. The standard InChI is InChI=1S/C20H20O9S/c1-3-28-17-12-13(15(21)9-11-19(22)23)8-10-16(17)29-30(25,26)18-7-5-4-6-14(18)20(24)27-2/h4-8,10,12H,3,9,11H2,1-2H3,(H,22,23). The monoisotopic (exact) mass is 436 g/mol. The van der Waals surface area contributed by atoms with Crippen LogP contribution in [0.1, 0.15) is 40.5 Å². The van der Waals surface area contributed by atoms with Gasteiger partial charge in [0.25, 0.3) is 0 Å². The molecule has 0 amide bonds. The lowest BCUT2D eigenvalue weighted by Crippen LogP contribution is -2.16. The molecule has 0 unspecified atom stereocenters. The second-order valence-electron chi connectivity index (χ2n) is 5.94. The molecular weight excluding hydrogens is 416 g/mol. The number of rotatable bonds is 10. The number of hydrogen-bond acceptors (Lipinski definition) is 8. The number of methoxy groups -OCH3 is 1. The largest absolute Gasteiger partial charge is 0.490 e. The second kappa shape index (κ2) is 9.88. The Hall–Kier alpha value is -3.40. The molecule has 0 saturated heterocycles. The predicted molar refractivity (Wildman–Crippen MR) is 104 cm³/mol. The number of benzene rings is 2. The fraction of sp³-hybridized carbons (Fsp3) is 0.250. The number of ketones is 1. The smallest absolute Gasteiger partial charge is 0.340 e. The molecular formula is C20H20O9S. The first kappa shape index (κ1) is 22.9. The van der Waals surface area contributed by atoms with Crippen LogP contribution >= 0.6 is 0 Å². The van der Waals surface area contributed by atoms with Crippen molar-refractivity contribution >= 4 is 27.8 Å². The van der Waals surface area contributed by atoms with Crippen LogP contribution in [0.5, 0.6) is 11.5 Å². The van der Waals surface area contributed by atoms with E-state index in [1.165, 1.54) is 42.5 Å². The van der Waals surface area contributed by atoms with Crippen LogP contribution in [0, 0.1) is 0 Å². The lowest BCUT2D eigenvalue weighted by atomic mass is 10.1. The normalized spacial score (nSPS) is 10.9. The SMILES string of the molecule is CCOc1cc(C(=O)CCC(=O)O)ccc1OS(=O)(=O)c1ccccc1C(=O)OC. The zero-order chi connectivity index (χ0) is 22.3. The molecule has 0 aliphatic heterocycles. The number of Topliss-reactive ketones (excluding diaryl/α,β-unsaturated/α-hetero) is 1. The molecule has 0 fully saturated rings. The summed E-state index contributed by atoms with van der Waals surface area (Å²) in [6.45, 7) is 1.81. The lowest BCUT2D eigenvalue weighted by molar-refractivity contribution is -0.136. The summed E-state index contributed by atoms with van der Waals surface area (Å²) in [5.74, 6) is -2.60. The number of hydrogen-bond donors (Lipinski definition) is 1. The summed E-state index contributed by atoms with van der Waals surface area (Å²) in [4.78, 5) is 34.3.